The van der Waals surface area contributed by atoms with Gasteiger partial charge in [0.05, 0.1) is 11.2 Å². The third-order valence-electron chi connectivity index (χ3n) is 3.70. The van der Waals surface area contributed by atoms with E-state index in [4.69, 9.17) is 16.3 Å². The lowest BCUT2D eigenvalue weighted by Crippen LogP contribution is -2.27. The Balaban J connectivity index is 2.10. The van der Waals surface area contributed by atoms with Gasteiger partial charge in [0.2, 0.25) is 0 Å². The van der Waals surface area contributed by atoms with Gasteiger partial charge in [0.15, 0.2) is 0 Å². The fraction of sp³-hybridized carbons (Fsp3) is 0.263. The smallest absolute Gasteiger partial charge is 0.435 e. The number of halogens is 1. The van der Waals surface area contributed by atoms with Gasteiger partial charge in [-0.1, -0.05) is 17.7 Å². The topological polar surface area (TPSA) is 64.4 Å². The Morgan fingerprint density at radius 3 is 2.60 bits per heavy atom. The molecule has 2 aromatic carbocycles. The third-order valence-corrected chi connectivity index (χ3v) is 3.94. The summed E-state index contributed by atoms with van der Waals surface area (Å²) in [5.41, 5.74) is 2.16. The molecule has 0 bridgehead atoms. The fourth-order valence-corrected chi connectivity index (χ4v) is 2.79. The molecule has 5 nitrogen and oxygen atoms in total. The molecule has 1 heterocycles. The number of hydrogen-bond donors (Lipinski definition) is 1. The highest BCUT2D eigenvalue weighted by atomic mass is 35.5. The maximum Gasteiger partial charge on any atom is 0.435 e. The van der Waals surface area contributed by atoms with E-state index in [0.717, 1.165) is 10.9 Å². The molecular weight excluding hydrogens is 340 g/mol. The summed E-state index contributed by atoms with van der Waals surface area (Å²) in [4.78, 5) is 12.4. The molecule has 0 radical (unpaired) electrons. The van der Waals surface area contributed by atoms with Crippen LogP contribution in [-0.4, -0.2) is 26.6 Å². The average molecular weight is 359 g/mol. The first-order chi connectivity index (χ1) is 11.7. The standard InChI is InChI=1S/C19H19ClN2O3/c1-11-14-9-12(15-10-13(20)6-8-17(15)23)5-7-16(14)22(21-11)18(24)25-19(2,3)4/h5-10,23H,1-4H3. The van der Waals surface area contributed by atoms with E-state index in [1.807, 2.05) is 39.8 Å². The van der Waals surface area contributed by atoms with Gasteiger partial charge in [0.1, 0.15) is 11.4 Å². The number of aryl methyl sites for hydroxylation is 1. The van der Waals surface area contributed by atoms with Gasteiger partial charge in [-0.3, -0.25) is 0 Å². The average Bonchev–Trinajstić information content (AvgIpc) is 2.85. The minimum absolute atomic E-state index is 0.140. The second-order valence-corrected chi connectivity index (χ2v) is 7.31. The largest absolute Gasteiger partial charge is 0.507 e. The summed E-state index contributed by atoms with van der Waals surface area (Å²) in [6.45, 7) is 7.25. The van der Waals surface area contributed by atoms with Crippen molar-refractivity contribution in [3.63, 3.8) is 0 Å². The molecule has 0 unspecified atom stereocenters. The third kappa shape index (κ3) is 3.46. The Morgan fingerprint density at radius 2 is 1.92 bits per heavy atom. The maximum atomic E-state index is 12.4. The number of benzene rings is 2. The summed E-state index contributed by atoms with van der Waals surface area (Å²) in [7, 11) is 0. The Kier molecular flexibility index (Phi) is 4.21. The molecule has 0 fully saturated rings. The van der Waals surface area contributed by atoms with Crippen molar-refractivity contribution in [3.05, 3.63) is 47.1 Å². The number of ether oxygens (including phenoxy) is 1. The molecule has 0 aliphatic heterocycles. The molecule has 0 atom stereocenters. The van der Waals surface area contributed by atoms with E-state index in [-0.39, 0.29) is 5.75 Å². The quantitative estimate of drug-likeness (QED) is 0.653. The van der Waals surface area contributed by atoms with Crippen LogP contribution in [0.1, 0.15) is 26.5 Å². The van der Waals surface area contributed by atoms with Crippen LogP contribution in [0.2, 0.25) is 5.02 Å². The van der Waals surface area contributed by atoms with E-state index in [2.05, 4.69) is 5.10 Å². The van der Waals surface area contributed by atoms with Gasteiger partial charge in [-0.2, -0.15) is 9.78 Å². The first-order valence-electron chi connectivity index (χ1n) is 7.87. The Labute approximate surface area is 150 Å². The molecule has 0 saturated carbocycles. The van der Waals surface area contributed by atoms with E-state index in [0.29, 0.717) is 21.8 Å². The molecule has 25 heavy (non-hydrogen) atoms. The number of phenols is 1. The minimum Gasteiger partial charge on any atom is -0.507 e. The molecule has 0 spiro atoms. The van der Waals surface area contributed by atoms with Gasteiger partial charge in [0.25, 0.3) is 0 Å². The number of hydrogen-bond acceptors (Lipinski definition) is 4. The number of carbonyl (C=O) groups excluding carboxylic acids is 1. The van der Waals surface area contributed by atoms with Crippen LogP contribution in [0.5, 0.6) is 5.75 Å². The number of nitrogens with zero attached hydrogens (tertiary/aromatic N) is 2. The van der Waals surface area contributed by atoms with Crippen LogP contribution < -0.4 is 0 Å². The number of phenolic OH excluding ortho intramolecular Hbond substituents is 1. The van der Waals surface area contributed by atoms with Crippen LogP contribution in [0.4, 0.5) is 4.79 Å². The van der Waals surface area contributed by atoms with Crippen molar-refractivity contribution in [3.8, 4) is 16.9 Å². The van der Waals surface area contributed by atoms with E-state index in [1.54, 1.807) is 24.3 Å². The van der Waals surface area contributed by atoms with Gasteiger partial charge in [0, 0.05) is 16.0 Å². The van der Waals surface area contributed by atoms with Gasteiger partial charge in [-0.15, -0.1) is 0 Å². The molecule has 0 aliphatic carbocycles. The number of carbonyl (C=O) groups is 1. The number of fused-ring (bicyclic) bond motifs is 1. The lowest BCUT2D eigenvalue weighted by Gasteiger charge is -2.19. The molecule has 130 valence electrons. The maximum absolute atomic E-state index is 12.4. The highest BCUT2D eigenvalue weighted by Crippen LogP contribution is 2.34. The number of rotatable bonds is 1. The van der Waals surface area contributed by atoms with Crippen LogP contribution >= 0.6 is 11.6 Å². The number of aromatic hydroxyl groups is 1. The zero-order valence-electron chi connectivity index (χ0n) is 14.5. The number of aromatic nitrogens is 2. The molecule has 1 N–H and O–H groups in total. The van der Waals surface area contributed by atoms with Crippen molar-refractivity contribution in [2.45, 2.75) is 33.3 Å². The highest BCUT2D eigenvalue weighted by Gasteiger charge is 2.21. The molecule has 0 amide bonds. The van der Waals surface area contributed by atoms with Crippen molar-refractivity contribution in [2.24, 2.45) is 0 Å². The zero-order chi connectivity index (χ0) is 18.4. The highest BCUT2D eigenvalue weighted by molar-refractivity contribution is 6.31. The van der Waals surface area contributed by atoms with E-state index < -0.39 is 11.7 Å². The van der Waals surface area contributed by atoms with Crippen molar-refractivity contribution in [1.29, 1.82) is 0 Å². The van der Waals surface area contributed by atoms with Gasteiger partial charge in [-0.05, 0) is 63.6 Å². The minimum atomic E-state index is -0.601. The van der Waals surface area contributed by atoms with Crippen LogP contribution in [0.15, 0.2) is 36.4 Å². The van der Waals surface area contributed by atoms with Crippen LogP contribution in [0, 0.1) is 6.92 Å². The van der Waals surface area contributed by atoms with Gasteiger partial charge >= 0.3 is 6.09 Å². The van der Waals surface area contributed by atoms with E-state index in [1.165, 1.54) is 4.68 Å². The summed E-state index contributed by atoms with van der Waals surface area (Å²) < 4.78 is 6.66. The normalized spacial score (nSPS) is 11.7. The summed E-state index contributed by atoms with van der Waals surface area (Å²) in [5.74, 6) is 0.140. The fourth-order valence-electron chi connectivity index (χ4n) is 2.62. The lowest BCUT2D eigenvalue weighted by atomic mass is 10.0. The van der Waals surface area contributed by atoms with Gasteiger partial charge < -0.3 is 9.84 Å². The van der Waals surface area contributed by atoms with E-state index in [9.17, 15) is 9.90 Å². The predicted octanol–water partition coefficient (Wildman–Crippen LogP) is 5.15. The Morgan fingerprint density at radius 1 is 1.20 bits per heavy atom. The second kappa shape index (κ2) is 6.08. The monoisotopic (exact) mass is 358 g/mol. The molecule has 3 aromatic rings. The first-order valence-corrected chi connectivity index (χ1v) is 8.25. The molecule has 6 heteroatoms. The van der Waals surface area contributed by atoms with Crippen molar-refractivity contribution in [1.82, 2.24) is 9.78 Å². The van der Waals surface area contributed by atoms with Crippen LogP contribution in [0.3, 0.4) is 0 Å². The van der Waals surface area contributed by atoms with Crippen LogP contribution in [0.25, 0.3) is 22.0 Å². The summed E-state index contributed by atoms with van der Waals surface area (Å²) in [5, 5.41) is 15.7. The summed E-state index contributed by atoms with van der Waals surface area (Å²) in [6.07, 6.45) is -0.524. The predicted molar refractivity (Wildman–Crippen MR) is 98.2 cm³/mol. The summed E-state index contributed by atoms with van der Waals surface area (Å²) >= 11 is 6.03. The van der Waals surface area contributed by atoms with Crippen molar-refractivity contribution in [2.75, 3.05) is 0 Å². The summed E-state index contributed by atoms with van der Waals surface area (Å²) in [6, 6.07) is 10.4. The van der Waals surface area contributed by atoms with Crippen molar-refractivity contribution >= 4 is 28.6 Å². The Hall–Kier alpha value is -2.53. The molecule has 1 aromatic heterocycles. The van der Waals surface area contributed by atoms with E-state index >= 15 is 0 Å². The second-order valence-electron chi connectivity index (χ2n) is 6.87. The molecule has 0 aliphatic rings. The van der Waals surface area contributed by atoms with Crippen molar-refractivity contribution < 1.29 is 14.6 Å². The lowest BCUT2D eigenvalue weighted by molar-refractivity contribution is 0.0522. The SMILES string of the molecule is Cc1nn(C(=O)OC(C)(C)C)c2ccc(-c3cc(Cl)ccc3O)cc12. The zero-order valence-corrected chi connectivity index (χ0v) is 15.3. The molecular formula is C19H19ClN2O3. The first kappa shape index (κ1) is 17.3. The Bertz CT molecular complexity index is 971. The van der Waals surface area contributed by atoms with Gasteiger partial charge in [-0.25, -0.2) is 4.79 Å². The molecule has 3 rings (SSSR count). The molecule has 0 saturated heterocycles. The van der Waals surface area contributed by atoms with Crippen LogP contribution in [-0.2, 0) is 4.74 Å².